The fourth-order valence-corrected chi connectivity index (χ4v) is 1.43. The molecule has 0 aliphatic heterocycles. The van der Waals surface area contributed by atoms with E-state index in [0.29, 0.717) is 0 Å². The van der Waals surface area contributed by atoms with Crippen molar-refractivity contribution in [3.05, 3.63) is 35.5 Å². The molecule has 0 bridgehead atoms. The van der Waals surface area contributed by atoms with Gasteiger partial charge in [-0.2, -0.15) is 13.2 Å². The Morgan fingerprint density at radius 1 is 1.22 bits per heavy atom. The van der Waals surface area contributed by atoms with Gasteiger partial charge < -0.3 is 5.11 Å². The minimum absolute atomic E-state index is 0.576. The Hall–Kier alpha value is -2.25. The van der Waals surface area contributed by atoms with Gasteiger partial charge in [0, 0.05) is 5.39 Å². The molecule has 0 radical (unpaired) electrons. The number of benzene rings is 1. The summed E-state index contributed by atoms with van der Waals surface area (Å²) in [6.45, 7) is 0. The van der Waals surface area contributed by atoms with Gasteiger partial charge in [0.25, 0.3) is 0 Å². The topological polar surface area (TPSA) is 63.1 Å². The van der Waals surface area contributed by atoms with E-state index < -0.39 is 40.4 Å². The summed E-state index contributed by atoms with van der Waals surface area (Å²) in [6, 6.07) is 2.94. The van der Waals surface area contributed by atoms with Crippen LogP contribution < -0.4 is 0 Å². The summed E-state index contributed by atoms with van der Waals surface area (Å²) < 4.78 is 51.4. The van der Waals surface area contributed by atoms with Crippen LogP contribution in [0, 0.1) is 5.82 Å². The van der Waals surface area contributed by atoms with Gasteiger partial charge in [-0.05, 0) is 6.07 Å². The molecule has 0 saturated carbocycles. The predicted octanol–water partition coefficient (Wildman–Crippen LogP) is 2.49. The molecule has 0 spiro atoms. The molecular weight excluding hydrogens is 256 g/mol. The van der Waals surface area contributed by atoms with Gasteiger partial charge in [0.1, 0.15) is 11.3 Å². The van der Waals surface area contributed by atoms with Crippen molar-refractivity contribution in [2.45, 2.75) is 6.18 Å². The molecule has 1 aromatic carbocycles. The Bertz CT molecular complexity index is 640. The number of carboxylic acid groups (broad SMARTS) is 1. The van der Waals surface area contributed by atoms with E-state index in [-0.39, 0.29) is 0 Å². The normalized spacial score (nSPS) is 11.8. The van der Waals surface area contributed by atoms with Crippen molar-refractivity contribution in [2.75, 3.05) is 0 Å². The lowest BCUT2D eigenvalue weighted by atomic mass is 10.1. The molecule has 0 atom stereocenters. The van der Waals surface area contributed by atoms with E-state index in [1.54, 1.807) is 0 Å². The number of rotatable bonds is 1. The van der Waals surface area contributed by atoms with Crippen molar-refractivity contribution in [3.63, 3.8) is 0 Å². The third-order valence-corrected chi connectivity index (χ3v) is 2.14. The lowest BCUT2D eigenvalue weighted by Crippen LogP contribution is -2.15. The van der Waals surface area contributed by atoms with Crippen molar-refractivity contribution < 1.29 is 27.5 Å². The number of aromatic carboxylic acids is 1. The van der Waals surface area contributed by atoms with Gasteiger partial charge in [-0.1, -0.05) is 12.1 Å². The third-order valence-electron chi connectivity index (χ3n) is 2.14. The SMILES string of the molecule is O=C(O)c1nc(C(F)(F)F)c2cccc(F)c2n1. The van der Waals surface area contributed by atoms with Crippen LogP contribution in [0.5, 0.6) is 0 Å². The number of carbonyl (C=O) groups is 1. The molecule has 0 aliphatic carbocycles. The average Bonchev–Trinajstić information content (AvgIpc) is 2.27. The van der Waals surface area contributed by atoms with Crippen LogP contribution in [0.1, 0.15) is 16.3 Å². The molecule has 1 heterocycles. The number of halogens is 4. The molecule has 18 heavy (non-hydrogen) atoms. The number of para-hydroxylation sites is 1. The highest BCUT2D eigenvalue weighted by Gasteiger charge is 2.36. The molecule has 0 aliphatic rings. The Morgan fingerprint density at radius 2 is 1.89 bits per heavy atom. The standard InChI is InChI=1S/C10H4F4N2O2/c11-5-3-1-2-4-6(5)15-8(9(17)18)16-7(4)10(12,13)14/h1-3H,(H,17,18). The van der Waals surface area contributed by atoms with Crippen LogP contribution >= 0.6 is 0 Å². The fourth-order valence-electron chi connectivity index (χ4n) is 1.43. The van der Waals surface area contributed by atoms with E-state index in [1.165, 1.54) is 0 Å². The monoisotopic (exact) mass is 260 g/mol. The summed E-state index contributed by atoms with van der Waals surface area (Å²) in [5, 5.41) is 8.03. The van der Waals surface area contributed by atoms with Gasteiger partial charge in [0.15, 0.2) is 5.69 Å². The molecule has 94 valence electrons. The number of alkyl halides is 3. The number of hydrogen-bond acceptors (Lipinski definition) is 3. The second-order valence-electron chi connectivity index (χ2n) is 3.33. The number of carboxylic acids is 1. The summed E-state index contributed by atoms with van der Waals surface area (Å²) >= 11 is 0. The van der Waals surface area contributed by atoms with Crippen LogP contribution in [0.3, 0.4) is 0 Å². The molecule has 1 aromatic heterocycles. The van der Waals surface area contributed by atoms with E-state index in [0.717, 1.165) is 18.2 Å². The zero-order valence-electron chi connectivity index (χ0n) is 8.49. The van der Waals surface area contributed by atoms with E-state index in [4.69, 9.17) is 5.11 Å². The second-order valence-corrected chi connectivity index (χ2v) is 3.33. The highest BCUT2D eigenvalue weighted by Crippen LogP contribution is 2.33. The van der Waals surface area contributed by atoms with Gasteiger partial charge in [-0.3, -0.25) is 0 Å². The molecule has 1 N–H and O–H groups in total. The van der Waals surface area contributed by atoms with Crippen molar-refractivity contribution in [2.24, 2.45) is 0 Å². The van der Waals surface area contributed by atoms with Crippen LogP contribution in [0.4, 0.5) is 17.6 Å². The molecule has 4 nitrogen and oxygen atoms in total. The average molecular weight is 260 g/mol. The zero-order valence-corrected chi connectivity index (χ0v) is 8.49. The molecule has 0 unspecified atom stereocenters. The van der Waals surface area contributed by atoms with Crippen LogP contribution in [0.2, 0.25) is 0 Å². The molecule has 0 saturated heterocycles. The van der Waals surface area contributed by atoms with Crippen molar-refractivity contribution in [3.8, 4) is 0 Å². The van der Waals surface area contributed by atoms with Crippen molar-refractivity contribution in [1.82, 2.24) is 9.97 Å². The summed E-state index contributed by atoms with van der Waals surface area (Å²) in [5.41, 5.74) is -2.14. The predicted molar refractivity (Wildman–Crippen MR) is 51.5 cm³/mol. The maximum atomic E-state index is 13.3. The third kappa shape index (κ3) is 1.96. The molecule has 0 fully saturated rings. The van der Waals surface area contributed by atoms with Crippen molar-refractivity contribution in [1.29, 1.82) is 0 Å². The van der Waals surface area contributed by atoms with E-state index in [2.05, 4.69) is 9.97 Å². The first-order valence-electron chi connectivity index (χ1n) is 4.57. The van der Waals surface area contributed by atoms with Crippen LogP contribution in [-0.4, -0.2) is 21.0 Å². The smallest absolute Gasteiger partial charge is 0.434 e. The van der Waals surface area contributed by atoms with Crippen LogP contribution in [0.25, 0.3) is 10.9 Å². The highest BCUT2D eigenvalue weighted by atomic mass is 19.4. The van der Waals surface area contributed by atoms with E-state index in [1.807, 2.05) is 0 Å². The molecular formula is C10H4F4N2O2. The van der Waals surface area contributed by atoms with Crippen LogP contribution in [-0.2, 0) is 6.18 Å². The van der Waals surface area contributed by atoms with Crippen LogP contribution in [0.15, 0.2) is 18.2 Å². The minimum atomic E-state index is -4.89. The van der Waals surface area contributed by atoms with Gasteiger partial charge in [-0.15, -0.1) is 0 Å². The highest BCUT2D eigenvalue weighted by molar-refractivity contribution is 5.89. The Morgan fingerprint density at radius 3 is 2.44 bits per heavy atom. The lowest BCUT2D eigenvalue weighted by molar-refractivity contribution is -0.139. The number of fused-ring (bicyclic) bond motifs is 1. The summed E-state index contributed by atoms with van der Waals surface area (Å²) in [7, 11) is 0. The molecule has 8 heteroatoms. The largest absolute Gasteiger partial charge is 0.475 e. The number of nitrogens with zero attached hydrogens (tertiary/aromatic N) is 2. The molecule has 2 rings (SSSR count). The molecule has 2 aromatic rings. The maximum Gasteiger partial charge on any atom is 0.434 e. The summed E-state index contributed by atoms with van der Waals surface area (Å²) in [4.78, 5) is 16.8. The van der Waals surface area contributed by atoms with Gasteiger partial charge >= 0.3 is 12.1 Å². The first-order chi connectivity index (χ1) is 8.30. The zero-order chi connectivity index (χ0) is 13.5. The van der Waals surface area contributed by atoms with Gasteiger partial charge in [0.05, 0.1) is 0 Å². The number of aromatic nitrogens is 2. The Kier molecular flexibility index (Phi) is 2.64. The minimum Gasteiger partial charge on any atom is -0.475 e. The fraction of sp³-hybridized carbons (Fsp3) is 0.100. The Labute approximate surface area is 96.9 Å². The quantitative estimate of drug-likeness (QED) is 0.800. The summed E-state index contributed by atoms with van der Waals surface area (Å²) in [5.74, 6) is -3.89. The summed E-state index contributed by atoms with van der Waals surface area (Å²) in [6.07, 6.45) is -4.89. The van der Waals surface area contributed by atoms with Gasteiger partial charge in [0.2, 0.25) is 5.82 Å². The first kappa shape index (κ1) is 12.2. The lowest BCUT2D eigenvalue weighted by Gasteiger charge is -2.10. The van der Waals surface area contributed by atoms with Crippen molar-refractivity contribution >= 4 is 16.9 Å². The van der Waals surface area contributed by atoms with E-state index >= 15 is 0 Å². The first-order valence-corrected chi connectivity index (χ1v) is 4.57. The number of hydrogen-bond donors (Lipinski definition) is 1. The maximum absolute atomic E-state index is 13.3. The second kappa shape index (κ2) is 3.90. The van der Waals surface area contributed by atoms with E-state index in [9.17, 15) is 22.4 Å². The van der Waals surface area contributed by atoms with Gasteiger partial charge in [-0.25, -0.2) is 19.2 Å². The Balaban J connectivity index is 2.91. The molecule has 0 amide bonds.